The molecule has 104 valence electrons. The lowest BCUT2D eigenvalue weighted by molar-refractivity contribution is 0.186. The summed E-state index contributed by atoms with van der Waals surface area (Å²) < 4.78 is 6.18. The minimum Gasteiger partial charge on any atom is -0.385 e. The third kappa shape index (κ3) is 3.19. The molecule has 0 unspecified atom stereocenters. The minimum absolute atomic E-state index is 0.342. The third-order valence-electron chi connectivity index (χ3n) is 3.07. The Balaban J connectivity index is 2.28. The summed E-state index contributed by atoms with van der Waals surface area (Å²) in [5, 5.41) is 0.964. The molecule has 0 radical (unpaired) electrons. The van der Waals surface area contributed by atoms with Gasteiger partial charge in [0.1, 0.15) is 5.82 Å². The number of anilines is 1. The zero-order chi connectivity index (χ0) is 13.8. The van der Waals surface area contributed by atoms with Crippen molar-refractivity contribution in [3.8, 4) is 0 Å². The van der Waals surface area contributed by atoms with E-state index >= 15 is 0 Å². The van der Waals surface area contributed by atoms with Crippen LogP contribution in [0.1, 0.15) is 31.5 Å². The molecule has 0 fully saturated rings. The van der Waals surface area contributed by atoms with Crippen LogP contribution in [0.25, 0.3) is 10.3 Å². The molecule has 0 saturated heterocycles. The maximum atomic E-state index is 5.14. The Morgan fingerprint density at radius 3 is 2.79 bits per heavy atom. The highest BCUT2D eigenvalue weighted by Crippen LogP contribution is 2.28. The Kier molecular flexibility index (Phi) is 4.66. The van der Waals surface area contributed by atoms with Crippen LogP contribution in [0.2, 0.25) is 0 Å². The molecule has 0 saturated carbocycles. The van der Waals surface area contributed by atoms with E-state index in [2.05, 4.69) is 21.9 Å². The maximum absolute atomic E-state index is 5.14. The van der Waals surface area contributed by atoms with Crippen molar-refractivity contribution >= 4 is 26.8 Å². The molecule has 2 heterocycles. The lowest BCUT2D eigenvalue weighted by Crippen LogP contribution is -2.08. The second kappa shape index (κ2) is 6.25. The Bertz CT molecular complexity index is 540. The van der Waals surface area contributed by atoms with Gasteiger partial charge in [-0.3, -0.25) is 0 Å². The highest BCUT2D eigenvalue weighted by molar-refractivity contribution is 7.22. The number of rotatable bonds is 6. The number of hydrogen-bond donors (Lipinski definition) is 0. The second-order valence-electron chi connectivity index (χ2n) is 4.69. The van der Waals surface area contributed by atoms with Crippen LogP contribution >= 0.6 is 11.3 Å². The molecule has 2 rings (SSSR count). The van der Waals surface area contributed by atoms with Crippen LogP contribution in [0.4, 0.5) is 5.13 Å². The number of ether oxygens (including phenoxy) is 1. The number of aromatic nitrogens is 3. The quantitative estimate of drug-likeness (QED) is 0.814. The Labute approximate surface area is 117 Å². The molecular formula is C13H20N4OS. The third-order valence-corrected chi connectivity index (χ3v) is 4.22. The van der Waals surface area contributed by atoms with Gasteiger partial charge < -0.3 is 9.64 Å². The van der Waals surface area contributed by atoms with Crippen LogP contribution in [0.5, 0.6) is 0 Å². The number of hydrogen-bond acceptors (Lipinski definition) is 6. The molecule has 1 atom stereocenters. The van der Waals surface area contributed by atoms with Gasteiger partial charge in [-0.25, -0.2) is 9.97 Å². The zero-order valence-corrected chi connectivity index (χ0v) is 12.7. The van der Waals surface area contributed by atoms with Gasteiger partial charge in [-0.1, -0.05) is 18.3 Å². The summed E-state index contributed by atoms with van der Waals surface area (Å²) in [6.07, 6.45) is 3.85. The van der Waals surface area contributed by atoms with Crippen molar-refractivity contribution in [3.05, 3.63) is 12.0 Å². The molecule has 0 N–H and O–H groups in total. The van der Waals surface area contributed by atoms with Gasteiger partial charge in [0.25, 0.3) is 0 Å². The average molecular weight is 280 g/mol. The molecule has 5 nitrogen and oxygen atoms in total. The van der Waals surface area contributed by atoms with Crippen molar-refractivity contribution in [1.82, 2.24) is 15.0 Å². The molecule has 0 aliphatic rings. The van der Waals surface area contributed by atoms with Crippen LogP contribution in [-0.4, -0.2) is 42.8 Å². The predicted octanol–water partition coefficient (Wildman–Crippen LogP) is 2.68. The van der Waals surface area contributed by atoms with E-state index in [9.17, 15) is 0 Å². The van der Waals surface area contributed by atoms with E-state index in [1.54, 1.807) is 18.4 Å². The van der Waals surface area contributed by atoms with Crippen molar-refractivity contribution in [1.29, 1.82) is 0 Å². The molecule has 0 bridgehead atoms. The average Bonchev–Trinajstić information content (AvgIpc) is 2.83. The van der Waals surface area contributed by atoms with Crippen molar-refractivity contribution in [2.24, 2.45) is 0 Å². The summed E-state index contributed by atoms with van der Waals surface area (Å²) in [5.41, 5.74) is 0.801. The Morgan fingerprint density at radius 1 is 1.37 bits per heavy atom. The Hall–Kier alpha value is -1.27. The summed E-state index contributed by atoms with van der Waals surface area (Å²) in [5.74, 6) is 1.22. The van der Waals surface area contributed by atoms with Gasteiger partial charge in [-0.15, -0.1) is 0 Å². The fourth-order valence-electron chi connectivity index (χ4n) is 1.90. The van der Waals surface area contributed by atoms with E-state index in [0.717, 1.165) is 40.8 Å². The maximum Gasteiger partial charge on any atom is 0.187 e. The van der Waals surface area contributed by atoms with Crippen LogP contribution in [0.15, 0.2) is 6.20 Å². The monoisotopic (exact) mass is 280 g/mol. The fourth-order valence-corrected chi connectivity index (χ4v) is 2.70. The van der Waals surface area contributed by atoms with Crippen LogP contribution < -0.4 is 4.90 Å². The lowest BCUT2D eigenvalue weighted by Gasteiger charge is -2.12. The Morgan fingerprint density at radius 2 is 2.16 bits per heavy atom. The predicted molar refractivity (Wildman–Crippen MR) is 79.1 cm³/mol. The molecule has 2 aromatic rings. The zero-order valence-electron chi connectivity index (χ0n) is 11.9. The summed E-state index contributed by atoms with van der Waals surface area (Å²) in [4.78, 5) is 15.6. The largest absolute Gasteiger partial charge is 0.385 e. The van der Waals surface area contributed by atoms with Gasteiger partial charge in [0.2, 0.25) is 0 Å². The standard InChI is InChI=1S/C13H20N4OS/c1-5-9(6-7-18-4)11-14-8-10-12(15-11)16-13(19-10)17(2)3/h8-9H,5-7H2,1-4H3/t9-/m1/s1. The van der Waals surface area contributed by atoms with Gasteiger partial charge in [-0.2, -0.15) is 4.98 Å². The van der Waals surface area contributed by atoms with Gasteiger partial charge in [0.15, 0.2) is 10.8 Å². The van der Waals surface area contributed by atoms with Crippen molar-refractivity contribution in [2.45, 2.75) is 25.7 Å². The number of thiazole rings is 1. The lowest BCUT2D eigenvalue weighted by atomic mass is 10.0. The molecule has 2 aromatic heterocycles. The first-order valence-corrected chi connectivity index (χ1v) is 7.27. The first-order chi connectivity index (χ1) is 9.15. The summed E-state index contributed by atoms with van der Waals surface area (Å²) in [7, 11) is 5.69. The van der Waals surface area contributed by atoms with E-state index in [4.69, 9.17) is 4.74 Å². The van der Waals surface area contributed by atoms with E-state index in [-0.39, 0.29) is 0 Å². The molecule has 0 spiro atoms. The van der Waals surface area contributed by atoms with E-state index in [0.29, 0.717) is 5.92 Å². The second-order valence-corrected chi connectivity index (χ2v) is 5.70. The first kappa shape index (κ1) is 14.1. The minimum atomic E-state index is 0.342. The molecular weight excluding hydrogens is 260 g/mol. The van der Waals surface area contributed by atoms with Crippen LogP contribution in [-0.2, 0) is 4.74 Å². The highest BCUT2D eigenvalue weighted by Gasteiger charge is 2.15. The fraction of sp³-hybridized carbons (Fsp3) is 0.615. The van der Waals surface area contributed by atoms with E-state index in [1.807, 2.05) is 25.2 Å². The number of fused-ring (bicyclic) bond motifs is 1. The summed E-state index contributed by atoms with van der Waals surface area (Å²) in [6, 6.07) is 0. The van der Waals surface area contributed by atoms with E-state index in [1.165, 1.54) is 0 Å². The van der Waals surface area contributed by atoms with Gasteiger partial charge in [0, 0.05) is 33.7 Å². The van der Waals surface area contributed by atoms with Gasteiger partial charge in [-0.05, 0) is 12.8 Å². The smallest absolute Gasteiger partial charge is 0.187 e. The number of nitrogens with zero attached hydrogens (tertiary/aromatic N) is 4. The van der Waals surface area contributed by atoms with Crippen molar-refractivity contribution in [3.63, 3.8) is 0 Å². The van der Waals surface area contributed by atoms with Crippen molar-refractivity contribution in [2.75, 3.05) is 32.7 Å². The molecule has 0 aliphatic carbocycles. The van der Waals surface area contributed by atoms with Gasteiger partial charge >= 0.3 is 0 Å². The molecule has 0 aliphatic heterocycles. The van der Waals surface area contributed by atoms with Crippen molar-refractivity contribution < 1.29 is 4.74 Å². The molecule has 0 aromatic carbocycles. The highest BCUT2D eigenvalue weighted by atomic mass is 32.1. The number of methoxy groups -OCH3 is 1. The topological polar surface area (TPSA) is 51.1 Å². The normalized spacial score (nSPS) is 12.8. The SMILES string of the molecule is CC[C@H](CCOC)c1ncc2sc(N(C)C)nc2n1. The van der Waals surface area contributed by atoms with E-state index < -0.39 is 0 Å². The molecule has 19 heavy (non-hydrogen) atoms. The van der Waals surface area contributed by atoms with Crippen LogP contribution in [0.3, 0.4) is 0 Å². The summed E-state index contributed by atoms with van der Waals surface area (Å²) in [6.45, 7) is 2.89. The van der Waals surface area contributed by atoms with Crippen LogP contribution in [0, 0.1) is 0 Å². The first-order valence-electron chi connectivity index (χ1n) is 6.45. The van der Waals surface area contributed by atoms with Gasteiger partial charge in [0.05, 0.1) is 10.9 Å². The molecule has 0 amide bonds. The molecule has 6 heteroatoms. The summed E-state index contributed by atoms with van der Waals surface area (Å²) >= 11 is 1.62.